The summed E-state index contributed by atoms with van der Waals surface area (Å²) in [6.45, 7) is 0.0643. The summed E-state index contributed by atoms with van der Waals surface area (Å²) in [5, 5.41) is 10.3. The number of carbonyl (C=O) groups excluding carboxylic acids is 1. The van der Waals surface area contributed by atoms with Gasteiger partial charge in [0.15, 0.2) is 10.6 Å². The maximum atomic E-state index is 13.1. The third kappa shape index (κ3) is 5.12. The quantitative estimate of drug-likeness (QED) is 0.386. The third-order valence-corrected chi connectivity index (χ3v) is 5.54. The van der Waals surface area contributed by atoms with Crippen molar-refractivity contribution in [2.75, 3.05) is 7.11 Å². The summed E-state index contributed by atoms with van der Waals surface area (Å²) >= 11 is 5.39. The maximum Gasteiger partial charge on any atom is 0.240 e. The summed E-state index contributed by atoms with van der Waals surface area (Å²) in [5.41, 5.74) is 3.05. The van der Waals surface area contributed by atoms with Gasteiger partial charge in [-0.15, -0.1) is 0 Å². The fraction of sp³-hybridized carbons (Fsp3) is 0.160. The Balaban J connectivity index is 1.55. The van der Waals surface area contributed by atoms with Gasteiger partial charge < -0.3 is 10.1 Å². The van der Waals surface area contributed by atoms with E-state index in [1.165, 1.54) is 0 Å². The van der Waals surface area contributed by atoms with Crippen LogP contribution >= 0.6 is 12.2 Å². The first-order valence-corrected chi connectivity index (χ1v) is 10.7. The molecule has 4 rings (SSSR count). The molecule has 162 valence electrons. The highest BCUT2D eigenvalue weighted by Crippen LogP contribution is 2.22. The molecule has 0 aliphatic carbocycles. The van der Waals surface area contributed by atoms with E-state index < -0.39 is 0 Å². The van der Waals surface area contributed by atoms with E-state index in [0.717, 1.165) is 22.4 Å². The molecule has 1 unspecified atom stereocenters. The second-order valence-corrected chi connectivity index (χ2v) is 7.77. The highest BCUT2D eigenvalue weighted by atomic mass is 32.1. The molecule has 0 saturated carbocycles. The Morgan fingerprint density at radius 1 is 1.03 bits per heavy atom. The molecular weight excluding hydrogens is 420 g/mol. The van der Waals surface area contributed by atoms with Gasteiger partial charge in [0.1, 0.15) is 12.3 Å². The molecule has 0 bridgehead atoms. The molecule has 2 N–H and O–H groups in total. The fourth-order valence-corrected chi connectivity index (χ4v) is 3.79. The number of rotatable bonds is 8. The number of benzene rings is 3. The molecule has 32 heavy (non-hydrogen) atoms. The minimum absolute atomic E-state index is 0.0643. The highest BCUT2D eigenvalue weighted by molar-refractivity contribution is 7.71. The number of ether oxygens (including phenoxy) is 1. The molecule has 0 aliphatic rings. The van der Waals surface area contributed by atoms with E-state index in [9.17, 15) is 4.79 Å². The van der Waals surface area contributed by atoms with Crippen LogP contribution < -0.4 is 10.1 Å². The van der Waals surface area contributed by atoms with Gasteiger partial charge in [-0.25, -0.2) is 0 Å². The van der Waals surface area contributed by atoms with Gasteiger partial charge in [-0.1, -0.05) is 60.7 Å². The average molecular weight is 445 g/mol. The minimum atomic E-state index is -0.156. The standard InChI is InChI=1S/C25H24N4O2S/c1-31-21-14-12-20(13-15-21)24-27-28-25(32)29(24)17-23(30)26-22(19-10-6-3-7-11-19)16-18-8-4-2-5-9-18/h2-15,22H,16-17H2,1H3,(H,26,30)(H,28,32). The number of amides is 1. The van der Waals surface area contributed by atoms with Crippen molar-refractivity contribution < 1.29 is 9.53 Å². The van der Waals surface area contributed by atoms with Gasteiger partial charge in [0.2, 0.25) is 5.91 Å². The minimum Gasteiger partial charge on any atom is -0.497 e. The molecular formula is C25H24N4O2S. The lowest BCUT2D eigenvalue weighted by atomic mass is 9.99. The molecule has 1 heterocycles. The first kappa shape index (κ1) is 21.5. The fourth-order valence-electron chi connectivity index (χ4n) is 3.60. The average Bonchev–Trinajstić information content (AvgIpc) is 3.19. The number of nitrogens with one attached hydrogen (secondary N) is 2. The number of methoxy groups -OCH3 is 1. The molecule has 1 atom stereocenters. The zero-order chi connectivity index (χ0) is 22.3. The number of hydrogen-bond donors (Lipinski definition) is 2. The lowest BCUT2D eigenvalue weighted by Gasteiger charge is -2.20. The lowest BCUT2D eigenvalue weighted by molar-refractivity contribution is -0.122. The topological polar surface area (TPSA) is 71.9 Å². The van der Waals surface area contributed by atoms with E-state index in [1.807, 2.05) is 72.8 Å². The van der Waals surface area contributed by atoms with Gasteiger partial charge in [-0.3, -0.25) is 14.5 Å². The molecule has 3 aromatic carbocycles. The van der Waals surface area contributed by atoms with Crippen LogP contribution in [-0.2, 0) is 17.8 Å². The predicted molar refractivity (Wildman–Crippen MR) is 127 cm³/mol. The van der Waals surface area contributed by atoms with Gasteiger partial charge in [0, 0.05) is 5.56 Å². The summed E-state index contributed by atoms with van der Waals surface area (Å²) in [6.07, 6.45) is 0.693. The Labute approximate surface area is 191 Å². The second kappa shape index (κ2) is 10.1. The van der Waals surface area contributed by atoms with Gasteiger partial charge in [-0.2, -0.15) is 5.10 Å². The van der Waals surface area contributed by atoms with Crippen molar-refractivity contribution in [3.8, 4) is 17.1 Å². The number of hydrogen-bond acceptors (Lipinski definition) is 4. The number of nitrogens with zero attached hydrogens (tertiary/aromatic N) is 2. The molecule has 0 spiro atoms. The molecule has 0 radical (unpaired) electrons. The molecule has 4 aromatic rings. The van der Waals surface area contributed by atoms with Crippen LogP contribution in [0.15, 0.2) is 84.9 Å². The molecule has 0 saturated heterocycles. The Morgan fingerprint density at radius 2 is 1.69 bits per heavy atom. The highest BCUT2D eigenvalue weighted by Gasteiger charge is 2.18. The predicted octanol–water partition coefficient (Wildman–Crippen LogP) is 4.72. The van der Waals surface area contributed by atoms with Crippen LogP contribution in [0.3, 0.4) is 0 Å². The van der Waals surface area contributed by atoms with E-state index >= 15 is 0 Å². The SMILES string of the molecule is COc1ccc(-c2n[nH]c(=S)n2CC(=O)NC(Cc2ccccc2)c2ccccc2)cc1. The molecule has 7 heteroatoms. The van der Waals surface area contributed by atoms with Gasteiger partial charge in [0.05, 0.1) is 13.2 Å². The van der Waals surface area contributed by atoms with Crippen molar-refractivity contribution in [1.29, 1.82) is 0 Å². The first-order chi connectivity index (χ1) is 15.6. The molecule has 1 amide bonds. The van der Waals surface area contributed by atoms with Gasteiger partial charge in [-0.05, 0) is 54.0 Å². The van der Waals surface area contributed by atoms with Crippen molar-refractivity contribution in [2.45, 2.75) is 19.0 Å². The van der Waals surface area contributed by atoms with Crippen molar-refractivity contribution in [2.24, 2.45) is 0 Å². The first-order valence-electron chi connectivity index (χ1n) is 10.3. The Kier molecular flexibility index (Phi) is 6.77. The summed E-state index contributed by atoms with van der Waals surface area (Å²) in [4.78, 5) is 13.1. The number of aromatic nitrogens is 3. The summed E-state index contributed by atoms with van der Waals surface area (Å²) in [7, 11) is 1.62. The van der Waals surface area contributed by atoms with Crippen LogP contribution in [0.1, 0.15) is 17.2 Å². The van der Waals surface area contributed by atoms with E-state index in [1.54, 1.807) is 11.7 Å². The van der Waals surface area contributed by atoms with Crippen LogP contribution in [0, 0.1) is 4.77 Å². The Morgan fingerprint density at radius 3 is 2.34 bits per heavy atom. The van der Waals surface area contributed by atoms with E-state index in [0.29, 0.717) is 17.0 Å². The second-order valence-electron chi connectivity index (χ2n) is 7.39. The Bertz CT molecular complexity index is 1220. The Hall–Kier alpha value is -3.71. The molecule has 0 fully saturated rings. The zero-order valence-electron chi connectivity index (χ0n) is 17.7. The van der Waals surface area contributed by atoms with Crippen LogP contribution in [0.2, 0.25) is 0 Å². The monoisotopic (exact) mass is 444 g/mol. The zero-order valence-corrected chi connectivity index (χ0v) is 18.5. The summed E-state index contributed by atoms with van der Waals surface area (Å²) < 4.78 is 7.32. The van der Waals surface area contributed by atoms with Crippen molar-refractivity contribution in [1.82, 2.24) is 20.1 Å². The number of aromatic amines is 1. The smallest absolute Gasteiger partial charge is 0.240 e. The van der Waals surface area contributed by atoms with Crippen LogP contribution in [0.25, 0.3) is 11.4 Å². The molecule has 6 nitrogen and oxygen atoms in total. The van der Waals surface area contributed by atoms with E-state index in [2.05, 4.69) is 27.6 Å². The molecule has 1 aromatic heterocycles. The lowest BCUT2D eigenvalue weighted by Crippen LogP contribution is -2.33. The van der Waals surface area contributed by atoms with Crippen molar-refractivity contribution in [3.05, 3.63) is 101 Å². The maximum absolute atomic E-state index is 13.1. The van der Waals surface area contributed by atoms with Crippen LogP contribution in [0.5, 0.6) is 5.75 Å². The van der Waals surface area contributed by atoms with E-state index in [-0.39, 0.29) is 18.5 Å². The van der Waals surface area contributed by atoms with Crippen LogP contribution in [0.4, 0.5) is 0 Å². The number of carbonyl (C=O) groups is 1. The van der Waals surface area contributed by atoms with Crippen LogP contribution in [-0.4, -0.2) is 27.8 Å². The summed E-state index contributed by atoms with van der Waals surface area (Å²) in [6, 6.07) is 27.4. The van der Waals surface area contributed by atoms with Crippen molar-refractivity contribution >= 4 is 18.1 Å². The van der Waals surface area contributed by atoms with Gasteiger partial charge in [0.25, 0.3) is 0 Å². The molecule has 0 aliphatic heterocycles. The number of H-pyrrole nitrogens is 1. The van der Waals surface area contributed by atoms with Gasteiger partial charge >= 0.3 is 0 Å². The third-order valence-electron chi connectivity index (χ3n) is 5.23. The largest absolute Gasteiger partial charge is 0.497 e. The van der Waals surface area contributed by atoms with Crippen molar-refractivity contribution in [3.63, 3.8) is 0 Å². The summed E-state index contributed by atoms with van der Waals surface area (Å²) in [5.74, 6) is 1.22. The van der Waals surface area contributed by atoms with E-state index in [4.69, 9.17) is 17.0 Å². The normalized spacial score (nSPS) is 11.7.